The lowest BCUT2D eigenvalue weighted by molar-refractivity contribution is -0.337. The van der Waals surface area contributed by atoms with Crippen molar-refractivity contribution in [1.82, 2.24) is 5.32 Å². The summed E-state index contributed by atoms with van der Waals surface area (Å²) in [5.74, 6) is 0.392. The zero-order chi connectivity index (χ0) is 21.2. The van der Waals surface area contributed by atoms with Crippen molar-refractivity contribution in [3.05, 3.63) is 60.2 Å². The number of aliphatic hydroxyl groups excluding tert-OH is 1. The second kappa shape index (κ2) is 12.0. The summed E-state index contributed by atoms with van der Waals surface area (Å²) in [4.78, 5) is 11.5. The largest absolute Gasteiger partial charge is 0.389 e. The van der Waals surface area contributed by atoms with Crippen LogP contribution in [0.2, 0.25) is 0 Å². The molecule has 5 heteroatoms. The number of allylic oxidation sites excluding steroid dienone is 2. The predicted molar refractivity (Wildman–Crippen MR) is 118 cm³/mol. The molecule has 3 aliphatic rings. The maximum atomic E-state index is 11.5. The van der Waals surface area contributed by atoms with Gasteiger partial charge in [-0.15, -0.1) is 0 Å². The van der Waals surface area contributed by atoms with Gasteiger partial charge >= 0.3 is 0 Å². The molecule has 30 heavy (non-hydrogen) atoms. The number of unbranched alkanes of at least 4 members (excludes halogenated alkanes) is 1. The van der Waals surface area contributed by atoms with E-state index in [9.17, 15) is 9.90 Å². The number of hydrogen-bond donors (Lipinski definition) is 2. The fraction of sp³-hybridized carbons (Fsp3) is 0.560. The van der Waals surface area contributed by atoms with Crippen LogP contribution in [0.4, 0.5) is 0 Å². The summed E-state index contributed by atoms with van der Waals surface area (Å²) >= 11 is 0. The Morgan fingerprint density at radius 3 is 2.83 bits per heavy atom. The highest BCUT2D eigenvalue weighted by atomic mass is 16.7. The molecule has 2 N–H and O–H groups in total. The summed E-state index contributed by atoms with van der Waals surface area (Å²) in [5.41, 5.74) is 1.24. The van der Waals surface area contributed by atoms with Crippen LogP contribution in [0.15, 0.2) is 54.6 Å². The summed E-state index contributed by atoms with van der Waals surface area (Å²) in [5, 5.41) is 13.2. The minimum absolute atomic E-state index is 0.0196. The molecule has 164 valence electrons. The zero-order valence-corrected chi connectivity index (χ0v) is 17.9. The Labute approximate surface area is 180 Å². The standard InChI is InChI=1S/C25H35NO4/c1-2-26-24(28)13-9-4-3-8-12-21-22(29-25-18-23(21)30-25)17-16-20(27)15-14-19-10-6-5-7-11-19/h3,5-8,10-11,16-17,20-23,25,27H,2,4,9,12-15,18H2,1H3,(H,26,28)/b8-3-,17-16+/t20-,21+,22+,23+,25-/m0/s1. The van der Waals surface area contributed by atoms with Gasteiger partial charge in [0.25, 0.3) is 0 Å². The van der Waals surface area contributed by atoms with Gasteiger partial charge in [-0.3, -0.25) is 4.79 Å². The Morgan fingerprint density at radius 2 is 2.07 bits per heavy atom. The number of fused-ring (bicyclic) bond motifs is 2. The van der Waals surface area contributed by atoms with Crippen LogP contribution in [-0.2, 0) is 20.7 Å². The monoisotopic (exact) mass is 413 g/mol. The highest BCUT2D eigenvalue weighted by Gasteiger charge is 2.46. The molecule has 0 saturated carbocycles. The van der Waals surface area contributed by atoms with E-state index in [1.807, 2.05) is 37.3 Å². The molecule has 5 atom stereocenters. The molecule has 0 aromatic heterocycles. The second-order valence-electron chi connectivity index (χ2n) is 8.13. The number of hydrogen-bond acceptors (Lipinski definition) is 4. The first-order valence-corrected chi connectivity index (χ1v) is 11.3. The molecular formula is C25H35NO4. The molecule has 3 aliphatic heterocycles. The van der Waals surface area contributed by atoms with E-state index in [2.05, 4.69) is 29.6 Å². The molecule has 3 saturated heterocycles. The van der Waals surface area contributed by atoms with Crippen LogP contribution in [0, 0.1) is 5.92 Å². The first-order chi connectivity index (χ1) is 14.7. The molecule has 5 nitrogen and oxygen atoms in total. The first-order valence-electron chi connectivity index (χ1n) is 11.3. The zero-order valence-electron chi connectivity index (χ0n) is 17.9. The summed E-state index contributed by atoms with van der Waals surface area (Å²) in [6, 6.07) is 10.2. The highest BCUT2D eigenvalue weighted by Crippen LogP contribution is 2.40. The van der Waals surface area contributed by atoms with Crippen molar-refractivity contribution in [1.29, 1.82) is 0 Å². The molecule has 1 amide bonds. The van der Waals surface area contributed by atoms with Crippen molar-refractivity contribution < 1.29 is 19.4 Å². The van der Waals surface area contributed by atoms with Gasteiger partial charge in [-0.25, -0.2) is 0 Å². The minimum atomic E-state index is -0.474. The normalized spacial score (nSPS) is 26.6. The van der Waals surface area contributed by atoms with Crippen molar-refractivity contribution in [3.8, 4) is 0 Å². The predicted octanol–water partition coefficient (Wildman–Crippen LogP) is 3.92. The number of aliphatic hydroxyl groups is 1. The maximum Gasteiger partial charge on any atom is 0.219 e. The van der Waals surface area contributed by atoms with Crippen LogP contribution in [-0.4, -0.2) is 42.2 Å². The third-order valence-electron chi connectivity index (χ3n) is 5.78. The number of amides is 1. The van der Waals surface area contributed by atoms with Gasteiger partial charge < -0.3 is 19.9 Å². The van der Waals surface area contributed by atoms with Crippen LogP contribution in [0.25, 0.3) is 0 Å². The van der Waals surface area contributed by atoms with Gasteiger partial charge in [0, 0.05) is 25.3 Å². The summed E-state index contributed by atoms with van der Waals surface area (Å²) < 4.78 is 11.8. The van der Waals surface area contributed by atoms with Gasteiger partial charge in [0.2, 0.25) is 5.91 Å². The van der Waals surface area contributed by atoms with Gasteiger partial charge in [-0.2, -0.15) is 0 Å². The van der Waals surface area contributed by atoms with E-state index in [-0.39, 0.29) is 30.3 Å². The fourth-order valence-corrected chi connectivity index (χ4v) is 4.03. The Morgan fingerprint density at radius 1 is 1.27 bits per heavy atom. The fourth-order valence-electron chi connectivity index (χ4n) is 4.03. The Kier molecular flexibility index (Phi) is 9.12. The van der Waals surface area contributed by atoms with E-state index >= 15 is 0 Å². The van der Waals surface area contributed by atoms with E-state index in [0.29, 0.717) is 19.4 Å². The number of nitrogens with one attached hydrogen (secondary N) is 1. The van der Waals surface area contributed by atoms with Crippen molar-refractivity contribution in [2.75, 3.05) is 6.54 Å². The van der Waals surface area contributed by atoms with Crippen LogP contribution in [0.5, 0.6) is 0 Å². The highest BCUT2D eigenvalue weighted by molar-refractivity contribution is 5.75. The lowest BCUT2D eigenvalue weighted by Crippen LogP contribution is -2.55. The van der Waals surface area contributed by atoms with Crippen LogP contribution in [0.3, 0.4) is 0 Å². The number of ether oxygens (including phenoxy) is 2. The topological polar surface area (TPSA) is 67.8 Å². The number of aryl methyl sites for hydroxylation is 1. The third-order valence-corrected chi connectivity index (χ3v) is 5.78. The van der Waals surface area contributed by atoms with E-state index in [0.717, 1.165) is 32.1 Å². The Balaban J connectivity index is 1.41. The molecule has 1 aromatic rings. The molecule has 2 bridgehead atoms. The molecule has 0 aliphatic carbocycles. The maximum absolute atomic E-state index is 11.5. The van der Waals surface area contributed by atoms with Crippen LogP contribution < -0.4 is 5.32 Å². The van der Waals surface area contributed by atoms with Crippen molar-refractivity contribution in [2.45, 2.75) is 76.5 Å². The van der Waals surface area contributed by atoms with Gasteiger partial charge in [0.1, 0.15) is 0 Å². The van der Waals surface area contributed by atoms with Crippen LogP contribution >= 0.6 is 0 Å². The number of carbonyl (C=O) groups is 1. The van der Waals surface area contributed by atoms with E-state index < -0.39 is 6.10 Å². The first kappa shape index (κ1) is 22.7. The molecular weight excluding hydrogens is 378 g/mol. The quantitative estimate of drug-likeness (QED) is 0.403. The average molecular weight is 414 g/mol. The van der Waals surface area contributed by atoms with Crippen molar-refractivity contribution in [2.24, 2.45) is 5.92 Å². The van der Waals surface area contributed by atoms with Gasteiger partial charge in [-0.05, 0) is 44.6 Å². The molecule has 3 heterocycles. The van der Waals surface area contributed by atoms with Gasteiger partial charge in [-0.1, -0.05) is 54.6 Å². The van der Waals surface area contributed by atoms with Gasteiger partial charge in [0.05, 0.1) is 18.3 Å². The second-order valence-corrected chi connectivity index (χ2v) is 8.13. The lowest BCUT2D eigenvalue weighted by Gasteiger charge is -2.49. The smallest absolute Gasteiger partial charge is 0.219 e. The van der Waals surface area contributed by atoms with Crippen molar-refractivity contribution in [3.63, 3.8) is 0 Å². The SMILES string of the molecule is CCNC(=O)CCC/C=C\C[C@@H]1[C@@H](/C=C/[C@@H](O)CCc2ccccc2)O[C@@H]2C[C@H]1O2. The molecule has 0 radical (unpaired) electrons. The van der Waals surface area contributed by atoms with Gasteiger partial charge in [0.15, 0.2) is 6.29 Å². The number of carbonyl (C=O) groups excluding carboxylic acids is 1. The number of rotatable bonds is 12. The van der Waals surface area contributed by atoms with E-state index in [1.54, 1.807) is 0 Å². The Bertz CT molecular complexity index is 696. The van der Waals surface area contributed by atoms with Crippen molar-refractivity contribution >= 4 is 5.91 Å². The van der Waals surface area contributed by atoms with E-state index in [4.69, 9.17) is 9.47 Å². The molecule has 0 unspecified atom stereocenters. The third kappa shape index (κ3) is 7.08. The molecule has 0 spiro atoms. The Hall–Kier alpha value is -1.95. The van der Waals surface area contributed by atoms with E-state index in [1.165, 1.54) is 5.56 Å². The summed E-state index contributed by atoms with van der Waals surface area (Å²) in [7, 11) is 0. The molecule has 3 fully saturated rings. The number of benzene rings is 1. The summed E-state index contributed by atoms with van der Waals surface area (Å²) in [6.45, 7) is 2.62. The van der Waals surface area contributed by atoms with Crippen LogP contribution in [0.1, 0.15) is 51.0 Å². The summed E-state index contributed by atoms with van der Waals surface area (Å²) in [6.07, 6.45) is 13.6. The molecule has 4 rings (SSSR count). The average Bonchev–Trinajstić information content (AvgIpc) is 2.73. The minimum Gasteiger partial charge on any atom is -0.389 e. The lowest BCUT2D eigenvalue weighted by atomic mass is 9.84. The molecule has 1 aromatic carbocycles.